The molecule has 0 aliphatic rings. The van der Waals surface area contributed by atoms with Gasteiger partial charge in [0.15, 0.2) is 5.76 Å². The second kappa shape index (κ2) is 4.09. The van der Waals surface area contributed by atoms with Crippen LogP contribution in [0.1, 0.15) is 12.7 Å². The summed E-state index contributed by atoms with van der Waals surface area (Å²) >= 11 is 3.42. The molecule has 76 valence electrons. The highest BCUT2D eigenvalue weighted by atomic mass is 79.9. The topological polar surface area (TPSA) is 33.4 Å². The van der Waals surface area contributed by atoms with Crippen molar-refractivity contribution in [2.24, 2.45) is 0 Å². The monoisotopic (exact) mass is 264 g/mol. The number of furan rings is 1. The molecule has 0 saturated carbocycles. The van der Waals surface area contributed by atoms with Gasteiger partial charge < -0.3 is 9.52 Å². The molecular weight excluding hydrogens is 256 g/mol. The molecule has 0 amide bonds. The molecule has 1 unspecified atom stereocenters. The van der Waals surface area contributed by atoms with Crippen LogP contribution in [0.4, 0.5) is 0 Å². The summed E-state index contributed by atoms with van der Waals surface area (Å²) in [4.78, 5) is 0. The van der Waals surface area contributed by atoms with Gasteiger partial charge >= 0.3 is 0 Å². The Kier molecular flexibility index (Phi) is 2.81. The fourth-order valence-corrected chi connectivity index (χ4v) is 1.77. The van der Waals surface area contributed by atoms with Crippen LogP contribution in [-0.2, 0) is 0 Å². The van der Waals surface area contributed by atoms with Crippen LogP contribution in [0.5, 0.6) is 0 Å². The van der Waals surface area contributed by atoms with Crippen LogP contribution in [0, 0.1) is 11.8 Å². The van der Waals surface area contributed by atoms with Gasteiger partial charge in [0.25, 0.3) is 0 Å². The molecule has 2 rings (SSSR count). The number of fused-ring (bicyclic) bond motifs is 1. The first-order chi connectivity index (χ1) is 7.18. The van der Waals surface area contributed by atoms with Gasteiger partial charge in [-0.2, -0.15) is 0 Å². The second-order valence-electron chi connectivity index (χ2n) is 3.19. The molecule has 0 spiro atoms. The Bertz CT molecular complexity index is 543. The molecule has 3 heteroatoms. The maximum atomic E-state index is 9.05. The highest BCUT2D eigenvalue weighted by Gasteiger charge is 2.08. The maximum Gasteiger partial charge on any atom is 0.192 e. The van der Waals surface area contributed by atoms with Gasteiger partial charge in [-0.15, -0.1) is 0 Å². The van der Waals surface area contributed by atoms with Crippen molar-refractivity contribution in [2.75, 3.05) is 0 Å². The number of halogens is 1. The lowest BCUT2D eigenvalue weighted by atomic mass is 10.2. The van der Waals surface area contributed by atoms with Crippen LogP contribution in [0.2, 0.25) is 0 Å². The summed E-state index contributed by atoms with van der Waals surface area (Å²) in [6, 6.07) is 7.68. The van der Waals surface area contributed by atoms with Crippen molar-refractivity contribution < 1.29 is 9.52 Å². The lowest BCUT2D eigenvalue weighted by Gasteiger charge is -1.86. The van der Waals surface area contributed by atoms with E-state index in [4.69, 9.17) is 9.52 Å². The van der Waals surface area contributed by atoms with Gasteiger partial charge in [0.05, 0.1) is 4.47 Å². The summed E-state index contributed by atoms with van der Waals surface area (Å²) in [5.74, 6) is 5.99. The van der Waals surface area contributed by atoms with E-state index in [1.54, 1.807) is 6.92 Å². The fourth-order valence-electron chi connectivity index (χ4n) is 1.26. The maximum absolute atomic E-state index is 9.05. The predicted molar refractivity (Wildman–Crippen MR) is 62.5 cm³/mol. The Balaban J connectivity index is 2.55. The standard InChI is InChI=1S/C12H9BrO2/c1-8(14)6-7-11-12(13)9-4-2-3-5-10(9)15-11/h2-5,8,14H,1H3. The van der Waals surface area contributed by atoms with Gasteiger partial charge in [-0.1, -0.05) is 18.1 Å². The minimum Gasteiger partial charge on any atom is -0.446 e. The number of para-hydroxylation sites is 1. The zero-order chi connectivity index (χ0) is 10.8. The number of benzene rings is 1. The van der Waals surface area contributed by atoms with Crippen LogP contribution in [0.25, 0.3) is 11.0 Å². The summed E-state index contributed by atoms with van der Waals surface area (Å²) in [6.45, 7) is 1.61. The number of hydrogen-bond donors (Lipinski definition) is 1. The van der Waals surface area contributed by atoms with Crippen molar-refractivity contribution in [3.63, 3.8) is 0 Å². The Labute approximate surface area is 96.0 Å². The molecule has 1 atom stereocenters. The largest absolute Gasteiger partial charge is 0.446 e. The molecule has 1 heterocycles. The first kappa shape index (κ1) is 10.3. The van der Waals surface area contributed by atoms with Crippen molar-refractivity contribution in [2.45, 2.75) is 13.0 Å². The molecule has 15 heavy (non-hydrogen) atoms. The normalized spacial score (nSPS) is 12.2. The summed E-state index contributed by atoms with van der Waals surface area (Å²) < 4.78 is 6.36. The van der Waals surface area contributed by atoms with Gasteiger partial charge in [0.1, 0.15) is 11.7 Å². The van der Waals surface area contributed by atoms with E-state index in [9.17, 15) is 0 Å². The molecule has 0 aliphatic carbocycles. The van der Waals surface area contributed by atoms with E-state index in [0.29, 0.717) is 5.76 Å². The summed E-state index contributed by atoms with van der Waals surface area (Å²) in [6.07, 6.45) is -0.648. The number of hydrogen-bond acceptors (Lipinski definition) is 2. The van der Waals surface area contributed by atoms with E-state index in [1.165, 1.54) is 0 Å². The van der Waals surface area contributed by atoms with Gasteiger partial charge in [-0.05, 0) is 40.9 Å². The van der Waals surface area contributed by atoms with Crippen LogP contribution in [-0.4, -0.2) is 11.2 Å². The van der Waals surface area contributed by atoms with Crippen LogP contribution < -0.4 is 0 Å². The average Bonchev–Trinajstić information content (AvgIpc) is 2.54. The third-order valence-electron chi connectivity index (χ3n) is 1.93. The molecule has 1 aromatic carbocycles. The molecule has 1 N–H and O–H groups in total. The van der Waals surface area contributed by atoms with E-state index in [0.717, 1.165) is 15.4 Å². The molecule has 0 fully saturated rings. The zero-order valence-electron chi connectivity index (χ0n) is 8.12. The highest BCUT2D eigenvalue weighted by Crippen LogP contribution is 2.29. The van der Waals surface area contributed by atoms with E-state index < -0.39 is 6.10 Å². The molecular formula is C12H9BrO2. The minimum atomic E-state index is -0.648. The molecule has 0 aliphatic heterocycles. The van der Waals surface area contributed by atoms with Crippen molar-refractivity contribution >= 4 is 26.9 Å². The molecule has 0 bridgehead atoms. The lowest BCUT2D eigenvalue weighted by Crippen LogP contribution is -1.92. The van der Waals surface area contributed by atoms with Gasteiger partial charge in [-0.25, -0.2) is 0 Å². The molecule has 0 saturated heterocycles. The number of aliphatic hydroxyl groups is 1. The first-order valence-electron chi connectivity index (χ1n) is 4.55. The van der Waals surface area contributed by atoms with Crippen molar-refractivity contribution in [3.8, 4) is 11.8 Å². The molecule has 2 aromatic rings. The molecule has 1 aromatic heterocycles. The van der Waals surface area contributed by atoms with Crippen molar-refractivity contribution in [1.29, 1.82) is 0 Å². The van der Waals surface area contributed by atoms with E-state index >= 15 is 0 Å². The van der Waals surface area contributed by atoms with E-state index in [2.05, 4.69) is 27.8 Å². The van der Waals surface area contributed by atoms with Gasteiger partial charge in [0.2, 0.25) is 0 Å². The minimum absolute atomic E-state index is 0.553. The quantitative estimate of drug-likeness (QED) is 0.743. The number of rotatable bonds is 0. The summed E-state index contributed by atoms with van der Waals surface area (Å²) in [7, 11) is 0. The van der Waals surface area contributed by atoms with Gasteiger partial charge in [-0.3, -0.25) is 0 Å². The predicted octanol–water partition coefficient (Wildman–Crippen LogP) is 2.93. The van der Waals surface area contributed by atoms with Gasteiger partial charge in [0, 0.05) is 5.39 Å². The van der Waals surface area contributed by atoms with Crippen LogP contribution >= 0.6 is 15.9 Å². The zero-order valence-corrected chi connectivity index (χ0v) is 9.71. The average molecular weight is 265 g/mol. The number of aliphatic hydroxyl groups excluding tert-OH is 1. The smallest absolute Gasteiger partial charge is 0.192 e. The molecule has 2 nitrogen and oxygen atoms in total. The third-order valence-corrected chi connectivity index (χ3v) is 2.72. The Morgan fingerprint density at radius 2 is 2.13 bits per heavy atom. The summed E-state index contributed by atoms with van der Waals surface area (Å²) in [5.41, 5.74) is 0.791. The highest BCUT2D eigenvalue weighted by molar-refractivity contribution is 9.10. The third kappa shape index (κ3) is 2.06. The fraction of sp³-hybridized carbons (Fsp3) is 0.167. The van der Waals surface area contributed by atoms with Crippen molar-refractivity contribution in [3.05, 3.63) is 34.5 Å². The summed E-state index contributed by atoms with van der Waals surface area (Å²) in [5, 5.41) is 10.0. The van der Waals surface area contributed by atoms with Crippen LogP contribution in [0.15, 0.2) is 33.2 Å². The van der Waals surface area contributed by atoms with E-state index in [1.807, 2.05) is 24.3 Å². The molecule has 0 radical (unpaired) electrons. The second-order valence-corrected chi connectivity index (χ2v) is 3.98. The first-order valence-corrected chi connectivity index (χ1v) is 5.34. The Morgan fingerprint density at radius 1 is 1.40 bits per heavy atom. The Morgan fingerprint density at radius 3 is 2.80 bits per heavy atom. The lowest BCUT2D eigenvalue weighted by molar-refractivity contribution is 0.253. The SMILES string of the molecule is CC(O)C#Cc1oc2ccccc2c1Br. The van der Waals surface area contributed by atoms with E-state index in [-0.39, 0.29) is 0 Å². The Hall–Kier alpha value is -1.24. The van der Waals surface area contributed by atoms with Crippen LogP contribution in [0.3, 0.4) is 0 Å². The van der Waals surface area contributed by atoms with Crippen molar-refractivity contribution in [1.82, 2.24) is 0 Å².